The lowest BCUT2D eigenvalue weighted by atomic mass is 10.0. The molecule has 1 aliphatic rings. The summed E-state index contributed by atoms with van der Waals surface area (Å²) < 4.78 is 51.3. The Morgan fingerprint density at radius 3 is 2.52 bits per heavy atom. The summed E-state index contributed by atoms with van der Waals surface area (Å²) in [5.41, 5.74) is -1.33. The summed E-state index contributed by atoms with van der Waals surface area (Å²) in [4.78, 5) is 38.5. The highest BCUT2D eigenvalue weighted by Crippen LogP contribution is 2.46. The second-order valence-electron chi connectivity index (χ2n) is 9.86. The van der Waals surface area contributed by atoms with E-state index in [1.807, 2.05) is 30.1 Å². The summed E-state index contributed by atoms with van der Waals surface area (Å²) in [5.74, 6) is -2.02. The van der Waals surface area contributed by atoms with Crippen LogP contribution >= 0.6 is 7.75 Å². The summed E-state index contributed by atoms with van der Waals surface area (Å²) in [6.45, 7) is 3.16. The van der Waals surface area contributed by atoms with Gasteiger partial charge in [-0.1, -0.05) is 68.8 Å². The smallest absolute Gasteiger partial charge is 0.459 e. The predicted molar refractivity (Wildman–Crippen MR) is 149 cm³/mol. The Morgan fingerprint density at radius 1 is 1.19 bits per heavy atom. The van der Waals surface area contributed by atoms with E-state index in [9.17, 15) is 28.4 Å². The van der Waals surface area contributed by atoms with Crippen LogP contribution in [-0.4, -0.2) is 45.5 Å². The number of nitrogens with zero attached hydrogens (tertiary/aromatic N) is 1. The molecule has 42 heavy (non-hydrogen) atoms. The number of aliphatic hydroxyl groups is 1. The topological polar surface area (TPSA) is 158 Å². The average Bonchev–Trinajstić information content (AvgIpc) is 3.36. The van der Waals surface area contributed by atoms with Gasteiger partial charge in [-0.25, -0.2) is 9.36 Å². The van der Waals surface area contributed by atoms with E-state index < -0.39 is 61.9 Å². The lowest BCUT2D eigenvalue weighted by Crippen LogP contribution is -2.42. The molecule has 1 saturated heterocycles. The lowest BCUT2D eigenvalue weighted by molar-refractivity contribution is -0.148. The molecule has 2 aromatic carbocycles. The summed E-state index contributed by atoms with van der Waals surface area (Å²) in [5, 5.41) is 13.3. The minimum absolute atomic E-state index is 0.00714. The Hall–Kier alpha value is -3.61. The molecule has 0 saturated carbocycles. The number of H-pyrrole nitrogens is 1. The first kappa shape index (κ1) is 31.3. The minimum Gasteiger partial charge on any atom is -0.460 e. The number of rotatable bonds is 13. The Balaban J connectivity index is 1.51. The fourth-order valence-electron chi connectivity index (χ4n) is 4.23. The van der Waals surface area contributed by atoms with E-state index in [2.05, 4.69) is 5.09 Å². The zero-order valence-corrected chi connectivity index (χ0v) is 23.9. The van der Waals surface area contributed by atoms with Crippen molar-refractivity contribution in [2.24, 2.45) is 5.92 Å². The fourth-order valence-corrected chi connectivity index (χ4v) is 5.85. The van der Waals surface area contributed by atoms with Crippen LogP contribution in [0, 0.1) is 11.7 Å². The van der Waals surface area contributed by atoms with E-state index in [1.165, 1.54) is 0 Å². The number of esters is 1. The van der Waals surface area contributed by atoms with E-state index >= 15 is 0 Å². The largest absolute Gasteiger partial charge is 0.460 e. The number of nitrogens with one attached hydrogen (secondary N) is 2. The maximum Gasteiger partial charge on any atom is 0.459 e. The molecule has 226 valence electrons. The molecule has 1 aromatic heterocycles. The van der Waals surface area contributed by atoms with Crippen LogP contribution < -0.4 is 20.9 Å². The summed E-state index contributed by atoms with van der Waals surface area (Å²) in [7, 11) is -4.33. The van der Waals surface area contributed by atoms with Crippen molar-refractivity contribution in [2.75, 3.05) is 6.61 Å². The number of carbonyl (C=O) groups excluding carboxylic acids is 1. The van der Waals surface area contributed by atoms with Crippen molar-refractivity contribution in [3.63, 3.8) is 0 Å². The Kier molecular flexibility index (Phi) is 10.5. The highest BCUT2D eigenvalue weighted by molar-refractivity contribution is 7.52. The van der Waals surface area contributed by atoms with Crippen LogP contribution in [0.5, 0.6) is 5.75 Å². The number of hydrogen-bond donors (Lipinski definition) is 3. The molecular formula is C28H33FN3O9P. The first-order chi connectivity index (χ1) is 20.1. The molecule has 14 heteroatoms. The second-order valence-corrected chi connectivity index (χ2v) is 11.6. The van der Waals surface area contributed by atoms with Gasteiger partial charge in [-0.3, -0.25) is 23.7 Å². The van der Waals surface area contributed by atoms with Crippen LogP contribution in [0.3, 0.4) is 0 Å². The van der Waals surface area contributed by atoms with Gasteiger partial charge < -0.3 is 19.1 Å². The number of benzene rings is 2. The van der Waals surface area contributed by atoms with Gasteiger partial charge in [-0.05, 0) is 23.6 Å². The van der Waals surface area contributed by atoms with E-state index in [4.69, 9.17) is 18.5 Å². The van der Waals surface area contributed by atoms with Gasteiger partial charge in [-0.2, -0.15) is 9.48 Å². The second kappa shape index (κ2) is 14.0. The minimum atomic E-state index is -4.33. The van der Waals surface area contributed by atoms with Gasteiger partial charge >= 0.3 is 19.4 Å². The van der Waals surface area contributed by atoms with Gasteiger partial charge in [0.05, 0.1) is 18.9 Å². The van der Waals surface area contributed by atoms with Crippen molar-refractivity contribution in [1.29, 1.82) is 0 Å². The maximum atomic E-state index is 14.1. The number of ether oxygens (including phenoxy) is 2. The number of aliphatic hydroxyl groups excluding tert-OH is 1. The maximum absolute atomic E-state index is 14.1. The van der Waals surface area contributed by atoms with Crippen LogP contribution in [0.4, 0.5) is 4.39 Å². The molecule has 2 heterocycles. The third-order valence-electron chi connectivity index (χ3n) is 6.80. The van der Waals surface area contributed by atoms with Gasteiger partial charge in [0, 0.05) is 6.42 Å². The van der Waals surface area contributed by atoms with Crippen molar-refractivity contribution in [1.82, 2.24) is 14.6 Å². The normalized spacial score (nSPS) is 21.3. The van der Waals surface area contributed by atoms with Gasteiger partial charge in [0.1, 0.15) is 30.7 Å². The van der Waals surface area contributed by atoms with Gasteiger partial charge in [0.2, 0.25) is 5.82 Å². The SMILES string of the molecule is CC[C@H](C)[C@H](NP(=O)(OC[C@H]1O[C@@H](n2cc(F)c(=O)[nH]c2=O)C[C@@H]1O)Oc1ccccc1)C(=O)OCc1ccccc1. The highest BCUT2D eigenvalue weighted by atomic mass is 31.2. The van der Waals surface area contributed by atoms with Crippen LogP contribution in [-0.2, 0) is 30.0 Å². The molecule has 0 radical (unpaired) electrons. The average molecular weight is 606 g/mol. The first-order valence-corrected chi connectivity index (χ1v) is 14.9. The zero-order chi connectivity index (χ0) is 30.3. The molecule has 3 N–H and O–H groups in total. The van der Waals surface area contributed by atoms with E-state index in [-0.39, 0.29) is 24.7 Å². The Labute approximate surface area is 241 Å². The number of para-hydroxylation sites is 1. The first-order valence-electron chi connectivity index (χ1n) is 13.4. The number of aromatic amines is 1. The quantitative estimate of drug-likeness (QED) is 0.195. The monoisotopic (exact) mass is 605 g/mol. The molecule has 0 amide bonds. The molecule has 4 rings (SSSR count). The van der Waals surface area contributed by atoms with Crippen molar-refractivity contribution in [3.8, 4) is 5.75 Å². The van der Waals surface area contributed by atoms with Crippen LogP contribution in [0.25, 0.3) is 0 Å². The Bertz CT molecular complexity index is 1500. The highest BCUT2D eigenvalue weighted by Gasteiger charge is 2.41. The zero-order valence-electron chi connectivity index (χ0n) is 23.1. The predicted octanol–water partition coefficient (Wildman–Crippen LogP) is 3.28. The Morgan fingerprint density at radius 2 is 1.86 bits per heavy atom. The molecule has 0 spiro atoms. The summed E-state index contributed by atoms with van der Waals surface area (Å²) in [6.07, 6.45) is -2.37. The third kappa shape index (κ3) is 8.02. The van der Waals surface area contributed by atoms with E-state index in [0.717, 1.165) is 10.1 Å². The molecule has 0 aliphatic carbocycles. The van der Waals surface area contributed by atoms with Crippen molar-refractivity contribution >= 4 is 13.7 Å². The molecular weight excluding hydrogens is 572 g/mol. The third-order valence-corrected chi connectivity index (χ3v) is 8.34. The van der Waals surface area contributed by atoms with Gasteiger partial charge in [-0.15, -0.1) is 0 Å². The molecule has 12 nitrogen and oxygen atoms in total. The van der Waals surface area contributed by atoms with Gasteiger partial charge in [0.25, 0.3) is 5.56 Å². The number of aromatic nitrogens is 2. The molecule has 6 atom stereocenters. The van der Waals surface area contributed by atoms with Crippen LogP contribution in [0.15, 0.2) is 76.4 Å². The van der Waals surface area contributed by atoms with Crippen molar-refractivity contribution in [2.45, 2.75) is 57.8 Å². The van der Waals surface area contributed by atoms with E-state index in [1.54, 1.807) is 49.4 Å². The number of carbonyl (C=O) groups is 1. The molecule has 3 aromatic rings. The molecule has 1 fully saturated rings. The van der Waals surface area contributed by atoms with Crippen molar-refractivity contribution in [3.05, 3.63) is 99.1 Å². The summed E-state index contributed by atoms with van der Waals surface area (Å²) >= 11 is 0. The fraction of sp³-hybridized carbons (Fsp3) is 0.393. The molecule has 1 aliphatic heterocycles. The number of hydrogen-bond acceptors (Lipinski definition) is 9. The number of halogens is 1. The van der Waals surface area contributed by atoms with Gasteiger partial charge in [0.15, 0.2) is 0 Å². The van der Waals surface area contributed by atoms with E-state index in [0.29, 0.717) is 12.6 Å². The van der Waals surface area contributed by atoms with Crippen LogP contribution in [0.2, 0.25) is 0 Å². The van der Waals surface area contributed by atoms with Crippen LogP contribution in [0.1, 0.15) is 38.5 Å². The van der Waals surface area contributed by atoms with Crippen molar-refractivity contribution < 1.29 is 37.4 Å². The molecule has 1 unspecified atom stereocenters. The molecule has 0 bridgehead atoms. The lowest BCUT2D eigenvalue weighted by Gasteiger charge is -2.28. The summed E-state index contributed by atoms with van der Waals surface area (Å²) in [6, 6.07) is 16.2. The standard InChI is InChI=1S/C28H33FN3O9P/c1-3-18(2)25(27(35)38-16-19-10-6-4-7-11-19)31-42(37,41-20-12-8-5-9-13-20)39-17-23-22(33)14-24(40-23)32-15-21(29)26(34)30-28(32)36/h4-13,15,18,22-25,33H,3,14,16-17H2,1-2H3,(H,31,37)(H,30,34,36)/t18-,22-,23+,24+,25-,42?/m0/s1.